The van der Waals surface area contributed by atoms with Crippen LogP contribution in [0.5, 0.6) is 5.75 Å². The summed E-state index contributed by atoms with van der Waals surface area (Å²) in [4.78, 5) is 51.5. The van der Waals surface area contributed by atoms with Gasteiger partial charge in [0.25, 0.3) is 0 Å². The van der Waals surface area contributed by atoms with Gasteiger partial charge in [-0.3, -0.25) is 14.4 Å². The van der Waals surface area contributed by atoms with Crippen molar-refractivity contribution in [1.29, 1.82) is 0 Å². The number of nitrogens with one attached hydrogen (secondary N) is 3. The summed E-state index contributed by atoms with van der Waals surface area (Å²) in [5.74, 6) is -2.58. The minimum absolute atomic E-state index is 0.0489. The molecule has 1 unspecified atom stereocenters. The van der Waals surface area contributed by atoms with Crippen LogP contribution in [-0.2, 0) is 25.5 Å². The van der Waals surface area contributed by atoms with Gasteiger partial charge in [-0.1, -0.05) is 41.9 Å². The predicted molar refractivity (Wildman–Crippen MR) is 161 cm³/mol. The van der Waals surface area contributed by atoms with Gasteiger partial charge in [0.05, 0.1) is 17.4 Å². The molecule has 3 amide bonds. The molecule has 0 heterocycles. The van der Waals surface area contributed by atoms with Crippen LogP contribution in [0, 0.1) is 0 Å². The van der Waals surface area contributed by atoms with Crippen LogP contribution in [0.1, 0.15) is 56.0 Å². The average molecular weight is 592 g/mol. The Hall–Kier alpha value is -4.37. The first-order valence-corrected chi connectivity index (χ1v) is 14.1. The van der Waals surface area contributed by atoms with Gasteiger partial charge in [-0.15, -0.1) is 0 Å². The molecule has 0 radical (unpaired) electrons. The third-order valence-electron chi connectivity index (χ3n) is 6.43. The van der Waals surface area contributed by atoms with Crippen LogP contribution in [0.2, 0.25) is 5.02 Å². The first-order chi connectivity index (χ1) is 20.0. The maximum atomic E-state index is 13.3. The van der Waals surface area contributed by atoms with Gasteiger partial charge in [0, 0.05) is 17.1 Å². The van der Waals surface area contributed by atoms with Crippen molar-refractivity contribution in [2.75, 3.05) is 10.6 Å². The normalized spacial score (nSPS) is 13.7. The minimum Gasteiger partial charge on any atom is -0.488 e. The molecule has 0 aromatic heterocycles. The van der Waals surface area contributed by atoms with Crippen LogP contribution in [0.3, 0.4) is 0 Å². The number of amides is 3. The summed E-state index contributed by atoms with van der Waals surface area (Å²) in [5, 5.41) is 8.22. The highest BCUT2D eigenvalue weighted by Gasteiger charge is 2.27. The molecule has 10 heteroatoms. The Morgan fingerprint density at radius 1 is 0.905 bits per heavy atom. The summed E-state index contributed by atoms with van der Waals surface area (Å²) < 4.78 is 11.3. The number of anilines is 2. The number of hydrogen-bond donors (Lipinski definition) is 3. The number of halogens is 1. The summed E-state index contributed by atoms with van der Waals surface area (Å²) in [5.41, 5.74) is 1.14. The van der Waals surface area contributed by atoms with Gasteiger partial charge in [-0.2, -0.15) is 0 Å². The molecular weight excluding hydrogens is 558 g/mol. The molecule has 0 saturated heterocycles. The Morgan fingerprint density at radius 2 is 1.60 bits per heavy atom. The monoisotopic (exact) mass is 591 g/mol. The van der Waals surface area contributed by atoms with Gasteiger partial charge < -0.3 is 25.4 Å². The molecule has 1 fully saturated rings. The quantitative estimate of drug-likeness (QED) is 0.222. The average Bonchev–Trinajstić information content (AvgIpc) is 2.91. The van der Waals surface area contributed by atoms with Gasteiger partial charge >= 0.3 is 17.8 Å². The van der Waals surface area contributed by atoms with E-state index >= 15 is 0 Å². The van der Waals surface area contributed by atoms with E-state index in [1.54, 1.807) is 45.0 Å². The van der Waals surface area contributed by atoms with Crippen molar-refractivity contribution in [3.8, 4) is 5.75 Å². The number of hydrogen-bond acceptors (Lipinski definition) is 6. The Balaban J connectivity index is 1.45. The zero-order valence-electron chi connectivity index (χ0n) is 23.7. The third-order valence-corrected chi connectivity index (χ3v) is 6.67. The molecule has 0 spiro atoms. The molecule has 9 nitrogen and oxygen atoms in total. The molecule has 0 bridgehead atoms. The molecule has 1 aliphatic carbocycles. The molecule has 0 aliphatic heterocycles. The third kappa shape index (κ3) is 8.81. The Kier molecular flexibility index (Phi) is 9.85. The van der Waals surface area contributed by atoms with E-state index in [0.717, 1.165) is 24.8 Å². The second-order valence-electron chi connectivity index (χ2n) is 11.0. The Bertz CT molecular complexity index is 1430. The first-order valence-electron chi connectivity index (χ1n) is 13.7. The predicted octanol–water partition coefficient (Wildman–Crippen LogP) is 5.53. The van der Waals surface area contributed by atoms with Gasteiger partial charge in [0.15, 0.2) is 0 Å². The standard InChI is InChI=1S/C32H34ClN3O6/c1-32(2,3)42-31(40)21-12-15-23(16-13-21)34-28(37)26(18-20-8-5-4-6-9-20)36-30(39)29(38)35-25-19-22(33)14-17-27(25)41-24-10-7-11-24/h4-6,8-9,12-17,19,24,26H,7,10-11,18H2,1-3H3,(H,34,37)(H,35,38)(H,36,39). The highest BCUT2D eigenvalue weighted by Crippen LogP contribution is 2.32. The van der Waals surface area contributed by atoms with Crippen LogP contribution in [0.15, 0.2) is 72.8 Å². The van der Waals surface area contributed by atoms with Crippen LogP contribution in [0.4, 0.5) is 11.4 Å². The van der Waals surface area contributed by atoms with Gasteiger partial charge in [0.1, 0.15) is 17.4 Å². The summed E-state index contributed by atoms with van der Waals surface area (Å²) in [7, 11) is 0. The van der Waals surface area contributed by atoms with Crippen LogP contribution < -0.4 is 20.7 Å². The Labute approximate surface area is 249 Å². The fourth-order valence-electron chi connectivity index (χ4n) is 4.09. The van der Waals surface area contributed by atoms with Crippen molar-refractivity contribution in [3.63, 3.8) is 0 Å². The van der Waals surface area contributed by atoms with E-state index in [9.17, 15) is 19.2 Å². The SMILES string of the molecule is CC(C)(C)OC(=O)c1ccc(NC(=O)C(Cc2ccccc2)NC(=O)C(=O)Nc2cc(Cl)ccc2OC2CCC2)cc1. The Morgan fingerprint density at radius 3 is 2.21 bits per heavy atom. The second-order valence-corrected chi connectivity index (χ2v) is 11.5. The van der Waals surface area contributed by atoms with Crippen molar-refractivity contribution in [2.45, 2.75) is 64.2 Å². The smallest absolute Gasteiger partial charge is 0.338 e. The summed E-state index contributed by atoms with van der Waals surface area (Å²) >= 11 is 6.13. The van der Waals surface area contributed by atoms with Gasteiger partial charge in [0.2, 0.25) is 5.91 Å². The van der Waals surface area contributed by atoms with Crippen LogP contribution in [-0.4, -0.2) is 41.4 Å². The molecule has 4 rings (SSSR count). The van der Waals surface area contributed by atoms with Crippen molar-refractivity contribution in [1.82, 2.24) is 5.32 Å². The van der Waals surface area contributed by atoms with Crippen LogP contribution >= 0.6 is 11.6 Å². The number of rotatable bonds is 9. The lowest BCUT2D eigenvalue weighted by Gasteiger charge is -2.27. The van der Waals surface area contributed by atoms with Crippen molar-refractivity contribution < 1.29 is 28.7 Å². The molecule has 3 aromatic rings. The second kappa shape index (κ2) is 13.5. The fraction of sp³-hybridized carbons (Fsp3) is 0.312. The maximum absolute atomic E-state index is 13.3. The molecule has 1 atom stereocenters. The van der Waals surface area contributed by atoms with Gasteiger partial charge in [-0.25, -0.2) is 4.79 Å². The van der Waals surface area contributed by atoms with E-state index in [1.165, 1.54) is 18.2 Å². The molecule has 3 aromatic carbocycles. The molecule has 3 N–H and O–H groups in total. The highest BCUT2D eigenvalue weighted by atomic mass is 35.5. The number of carbonyl (C=O) groups is 4. The largest absolute Gasteiger partial charge is 0.488 e. The summed E-state index contributed by atoms with van der Waals surface area (Å²) in [6, 6.07) is 19.0. The number of benzene rings is 3. The lowest BCUT2D eigenvalue weighted by atomic mass is 9.96. The molecule has 1 saturated carbocycles. The van der Waals surface area contributed by atoms with E-state index in [2.05, 4.69) is 16.0 Å². The van der Waals surface area contributed by atoms with E-state index in [0.29, 0.717) is 22.0 Å². The zero-order valence-corrected chi connectivity index (χ0v) is 24.5. The van der Waals surface area contributed by atoms with Crippen molar-refractivity contribution >= 4 is 46.7 Å². The topological polar surface area (TPSA) is 123 Å². The lowest BCUT2D eigenvalue weighted by Crippen LogP contribution is -2.49. The molecular formula is C32H34ClN3O6. The fourth-order valence-corrected chi connectivity index (χ4v) is 4.26. The number of esters is 1. The van der Waals surface area contributed by atoms with Crippen LogP contribution in [0.25, 0.3) is 0 Å². The number of ether oxygens (including phenoxy) is 2. The first kappa shape index (κ1) is 30.6. The van der Waals surface area contributed by atoms with Crippen molar-refractivity contribution in [2.24, 2.45) is 0 Å². The van der Waals surface area contributed by atoms with E-state index < -0.39 is 35.3 Å². The van der Waals surface area contributed by atoms with Gasteiger partial charge in [-0.05, 0) is 88.1 Å². The number of carbonyl (C=O) groups excluding carboxylic acids is 4. The molecule has 220 valence electrons. The lowest BCUT2D eigenvalue weighted by molar-refractivity contribution is -0.137. The summed E-state index contributed by atoms with van der Waals surface area (Å²) in [6.45, 7) is 5.33. The zero-order chi connectivity index (χ0) is 30.3. The maximum Gasteiger partial charge on any atom is 0.338 e. The molecule has 42 heavy (non-hydrogen) atoms. The van der Waals surface area contributed by atoms with E-state index in [1.807, 2.05) is 30.3 Å². The highest BCUT2D eigenvalue weighted by molar-refractivity contribution is 6.40. The van der Waals surface area contributed by atoms with E-state index in [-0.39, 0.29) is 18.2 Å². The molecule has 1 aliphatic rings. The van der Waals surface area contributed by atoms with Crippen molar-refractivity contribution in [3.05, 3.63) is 88.9 Å². The minimum atomic E-state index is -1.08. The summed E-state index contributed by atoms with van der Waals surface area (Å²) in [6.07, 6.45) is 3.08. The van der Waals surface area contributed by atoms with E-state index in [4.69, 9.17) is 21.1 Å².